The normalized spacial score (nSPS) is 10.5. The number of rotatable bonds is 8. The van der Waals surface area contributed by atoms with E-state index in [4.69, 9.17) is 0 Å². The van der Waals surface area contributed by atoms with E-state index in [0.29, 0.717) is 5.56 Å². The fraction of sp³-hybridized carbons (Fsp3) is 0.160. The van der Waals surface area contributed by atoms with Crippen LogP contribution in [0.2, 0.25) is 0 Å². The van der Waals surface area contributed by atoms with Crippen molar-refractivity contribution in [3.05, 3.63) is 96.6 Å². The van der Waals surface area contributed by atoms with Crippen molar-refractivity contribution in [3.63, 3.8) is 0 Å². The van der Waals surface area contributed by atoms with Gasteiger partial charge >= 0.3 is 5.97 Å². The number of aromatic carboxylic acids is 1. The molecule has 0 saturated heterocycles. The average molecular weight is 356 g/mol. The first-order valence-electron chi connectivity index (χ1n) is 9.32. The first-order chi connectivity index (χ1) is 13.2. The average Bonchev–Trinajstić information content (AvgIpc) is 2.72. The van der Waals surface area contributed by atoms with Crippen LogP contribution in [0.1, 0.15) is 35.2 Å². The van der Waals surface area contributed by atoms with E-state index in [0.717, 1.165) is 47.9 Å². The van der Waals surface area contributed by atoms with Crippen molar-refractivity contribution in [3.8, 4) is 22.3 Å². The van der Waals surface area contributed by atoms with Gasteiger partial charge in [-0.15, -0.1) is 6.58 Å². The molecule has 0 bridgehead atoms. The first kappa shape index (κ1) is 18.7. The van der Waals surface area contributed by atoms with Gasteiger partial charge in [0.2, 0.25) is 0 Å². The third kappa shape index (κ3) is 4.73. The van der Waals surface area contributed by atoms with E-state index in [9.17, 15) is 9.90 Å². The molecule has 3 rings (SSSR count). The van der Waals surface area contributed by atoms with Crippen molar-refractivity contribution in [2.24, 2.45) is 0 Å². The number of carboxylic acids is 1. The van der Waals surface area contributed by atoms with Crippen LogP contribution >= 0.6 is 0 Å². The van der Waals surface area contributed by atoms with E-state index >= 15 is 0 Å². The molecule has 0 unspecified atom stereocenters. The van der Waals surface area contributed by atoms with Crippen LogP contribution in [0.3, 0.4) is 0 Å². The van der Waals surface area contributed by atoms with Gasteiger partial charge in [-0.1, -0.05) is 72.8 Å². The van der Waals surface area contributed by atoms with Crippen LogP contribution in [-0.4, -0.2) is 11.1 Å². The fourth-order valence-electron chi connectivity index (χ4n) is 3.26. The number of carbonyl (C=O) groups is 1. The van der Waals surface area contributed by atoms with Gasteiger partial charge in [-0.2, -0.15) is 0 Å². The third-order valence-corrected chi connectivity index (χ3v) is 4.74. The zero-order valence-electron chi connectivity index (χ0n) is 15.4. The Morgan fingerprint density at radius 1 is 0.852 bits per heavy atom. The lowest BCUT2D eigenvalue weighted by Gasteiger charge is -2.11. The van der Waals surface area contributed by atoms with Gasteiger partial charge in [0.15, 0.2) is 0 Å². The fourth-order valence-corrected chi connectivity index (χ4v) is 3.26. The molecule has 0 aliphatic heterocycles. The molecule has 3 aromatic rings. The van der Waals surface area contributed by atoms with E-state index in [1.807, 2.05) is 60.7 Å². The minimum atomic E-state index is -0.893. The molecule has 1 N–H and O–H groups in total. The van der Waals surface area contributed by atoms with Crippen molar-refractivity contribution in [2.75, 3.05) is 0 Å². The highest BCUT2D eigenvalue weighted by molar-refractivity contribution is 5.96. The summed E-state index contributed by atoms with van der Waals surface area (Å²) in [5.41, 5.74) is 5.50. The molecule has 3 aromatic carbocycles. The van der Waals surface area contributed by atoms with Gasteiger partial charge in [0, 0.05) is 0 Å². The summed E-state index contributed by atoms with van der Waals surface area (Å²) in [5, 5.41) is 9.59. The molecule has 0 aromatic heterocycles. The number of carboxylic acid groups (broad SMARTS) is 1. The zero-order valence-corrected chi connectivity index (χ0v) is 15.4. The molecule has 2 nitrogen and oxygen atoms in total. The molecule has 2 heteroatoms. The topological polar surface area (TPSA) is 37.3 Å². The Bertz CT molecular complexity index is 909. The zero-order chi connectivity index (χ0) is 19.1. The second-order valence-corrected chi connectivity index (χ2v) is 6.66. The van der Waals surface area contributed by atoms with Crippen LogP contribution in [0.4, 0.5) is 0 Å². The van der Waals surface area contributed by atoms with Crippen LogP contribution in [0, 0.1) is 0 Å². The van der Waals surface area contributed by atoms with Crippen molar-refractivity contribution in [2.45, 2.75) is 25.7 Å². The first-order valence-corrected chi connectivity index (χ1v) is 9.32. The Kier molecular flexibility index (Phi) is 6.22. The van der Waals surface area contributed by atoms with Crippen molar-refractivity contribution in [1.82, 2.24) is 0 Å². The molecule has 27 heavy (non-hydrogen) atoms. The second kappa shape index (κ2) is 9.00. The molecule has 0 heterocycles. The number of hydrogen-bond donors (Lipinski definition) is 1. The third-order valence-electron chi connectivity index (χ3n) is 4.74. The number of benzene rings is 3. The van der Waals surface area contributed by atoms with Gasteiger partial charge in [-0.3, -0.25) is 0 Å². The number of allylic oxidation sites excluding steroid dienone is 1. The van der Waals surface area contributed by atoms with Crippen LogP contribution in [0.25, 0.3) is 22.3 Å². The van der Waals surface area contributed by atoms with E-state index in [-0.39, 0.29) is 0 Å². The smallest absolute Gasteiger partial charge is 0.336 e. The van der Waals surface area contributed by atoms with Crippen molar-refractivity contribution < 1.29 is 9.90 Å². The summed E-state index contributed by atoms with van der Waals surface area (Å²) < 4.78 is 0. The maximum Gasteiger partial charge on any atom is 0.336 e. The van der Waals surface area contributed by atoms with Crippen molar-refractivity contribution in [1.29, 1.82) is 0 Å². The number of hydrogen-bond acceptors (Lipinski definition) is 1. The van der Waals surface area contributed by atoms with Gasteiger partial charge < -0.3 is 5.11 Å². The largest absolute Gasteiger partial charge is 0.478 e. The van der Waals surface area contributed by atoms with Gasteiger partial charge in [0.05, 0.1) is 5.56 Å². The predicted octanol–water partition coefficient (Wildman–Crippen LogP) is 6.62. The van der Waals surface area contributed by atoms with E-state index in [1.165, 1.54) is 5.56 Å². The summed E-state index contributed by atoms with van der Waals surface area (Å²) in [6.45, 7) is 3.75. The van der Waals surface area contributed by atoms with Crippen molar-refractivity contribution >= 4 is 5.97 Å². The lowest BCUT2D eigenvalue weighted by molar-refractivity contribution is 0.0697. The Labute approximate surface area is 160 Å². The summed E-state index contributed by atoms with van der Waals surface area (Å²) in [4.78, 5) is 11.7. The summed E-state index contributed by atoms with van der Waals surface area (Å²) in [7, 11) is 0. The monoisotopic (exact) mass is 356 g/mol. The van der Waals surface area contributed by atoms with Crippen LogP contribution < -0.4 is 0 Å². The molecule has 0 radical (unpaired) electrons. The molecule has 0 fully saturated rings. The molecule has 0 spiro atoms. The summed E-state index contributed by atoms with van der Waals surface area (Å²) >= 11 is 0. The Balaban J connectivity index is 1.89. The lowest BCUT2D eigenvalue weighted by Crippen LogP contribution is -2.01. The van der Waals surface area contributed by atoms with Gasteiger partial charge in [0.25, 0.3) is 0 Å². The molecule has 0 saturated carbocycles. The van der Waals surface area contributed by atoms with Gasteiger partial charge in [-0.25, -0.2) is 4.79 Å². The lowest BCUT2D eigenvalue weighted by atomic mass is 9.94. The number of aryl methyl sites for hydroxylation is 1. The summed E-state index contributed by atoms with van der Waals surface area (Å²) in [5.74, 6) is -0.893. The van der Waals surface area contributed by atoms with Crippen LogP contribution in [0.15, 0.2) is 85.5 Å². The van der Waals surface area contributed by atoms with E-state index < -0.39 is 5.97 Å². The maximum atomic E-state index is 11.7. The Morgan fingerprint density at radius 2 is 1.52 bits per heavy atom. The molecule has 0 aliphatic rings. The molecular formula is C25H24O2. The molecule has 0 aliphatic carbocycles. The summed E-state index contributed by atoms with van der Waals surface area (Å²) in [6, 6.07) is 24.0. The minimum absolute atomic E-state index is 0.345. The van der Waals surface area contributed by atoms with E-state index in [2.05, 4.69) is 18.7 Å². The summed E-state index contributed by atoms with van der Waals surface area (Å²) in [6.07, 6.45) is 6.08. The Hall–Kier alpha value is -3.13. The number of unbranched alkanes of at least 4 members (excludes halogenated alkanes) is 2. The standard InChI is InChI=1S/C25H24O2/c1-2-3-4-6-9-19-12-17-23(25(26)27)24(18-19)22-15-13-21(14-16-22)20-10-7-5-8-11-20/h2,5,7-8,10-18H,1,3-4,6,9H2,(H,26,27). The van der Waals surface area contributed by atoms with E-state index in [1.54, 1.807) is 6.07 Å². The van der Waals surface area contributed by atoms with Crippen LogP contribution in [0.5, 0.6) is 0 Å². The SMILES string of the molecule is C=CCCCCc1ccc(C(=O)O)c(-c2ccc(-c3ccccc3)cc2)c1. The molecular weight excluding hydrogens is 332 g/mol. The molecule has 136 valence electrons. The second-order valence-electron chi connectivity index (χ2n) is 6.66. The van der Waals surface area contributed by atoms with Crippen LogP contribution in [-0.2, 0) is 6.42 Å². The Morgan fingerprint density at radius 3 is 2.19 bits per heavy atom. The minimum Gasteiger partial charge on any atom is -0.478 e. The highest BCUT2D eigenvalue weighted by Crippen LogP contribution is 2.29. The predicted molar refractivity (Wildman–Crippen MR) is 112 cm³/mol. The highest BCUT2D eigenvalue weighted by Gasteiger charge is 2.13. The molecule has 0 amide bonds. The highest BCUT2D eigenvalue weighted by atomic mass is 16.4. The van der Waals surface area contributed by atoms with Gasteiger partial charge in [-0.05, 0) is 59.6 Å². The maximum absolute atomic E-state index is 11.7. The quantitative estimate of drug-likeness (QED) is 0.364. The van der Waals surface area contributed by atoms with Gasteiger partial charge in [0.1, 0.15) is 0 Å². The molecule has 0 atom stereocenters.